The van der Waals surface area contributed by atoms with Crippen molar-refractivity contribution in [1.82, 2.24) is 0 Å². The fourth-order valence-corrected chi connectivity index (χ4v) is 3.40. The Balaban J connectivity index is 1.92. The van der Waals surface area contributed by atoms with Gasteiger partial charge in [-0.2, -0.15) is 0 Å². The van der Waals surface area contributed by atoms with Crippen molar-refractivity contribution in [3.63, 3.8) is 0 Å². The van der Waals surface area contributed by atoms with Crippen LogP contribution < -0.4 is 4.74 Å². The molecule has 0 aromatic heterocycles. The molecule has 2 aliphatic heterocycles. The molecule has 0 saturated carbocycles. The minimum atomic E-state index is -0.673. The SMILES string of the molecule is CCC1(C)CC2(CCO1)CC(O)c1cc(F)ccc1O2. The van der Waals surface area contributed by atoms with Crippen molar-refractivity contribution in [2.45, 2.75) is 56.8 Å². The summed E-state index contributed by atoms with van der Waals surface area (Å²) in [5.41, 5.74) is -0.0525. The second-order valence-electron chi connectivity index (χ2n) is 6.27. The minimum Gasteiger partial charge on any atom is -0.487 e. The van der Waals surface area contributed by atoms with E-state index in [1.807, 2.05) is 0 Å². The molecule has 3 atom stereocenters. The van der Waals surface area contributed by atoms with Crippen molar-refractivity contribution in [2.24, 2.45) is 0 Å². The van der Waals surface area contributed by atoms with Crippen LogP contribution in [0.3, 0.4) is 0 Å². The van der Waals surface area contributed by atoms with Gasteiger partial charge in [0.05, 0.1) is 18.3 Å². The minimum absolute atomic E-state index is 0.213. The third-order valence-corrected chi connectivity index (χ3v) is 4.67. The van der Waals surface area contributed by atoms with Crippen LogP contribution in [0.1, 0.15) is 51.2 Å². The molecule has 3 rings (SSSR count). The molecular formula is C16H21FO3. The average Bonchev–Trinajstić information content (AvgIpc) is 2.40. The monoisotopic (exact) mass is 280 g/mol. The lowest BCUT2D eigenvalue weighted by Gasteiger charge is -2.49. The van der Waals surface area contributed by atoms with Gasteiger partial charge in [-0.15, -0.1) is 0 Å². The van der Waals surface area contributed by atoms with Crippen LogP contribution in [0.15, 0.2) is 18.2 Å². The molecule has 20 heavy (non-hydrogen) atoms. The Kier molecular flexibility index (Phi) is 3.26. The summed E-state index contributed by atoms with van der Waals surface area (Å²) in [4.78, 5) is 0. The molecule has 2 heterocycles. The molecule has 110 valence electrons. The summed E-state index contributed by atoms with van der Waals surface area (Å²) in [6.45, 7) is 4.82. The number of hydrogen-bond acceptors (Lipinski definition) is 3. The molecule has 0 aliphatic carbocycles. The second-order valence-corrected chi connectivity index (χ2v) is 6.27. The van der Waals surface area contributed by atoms with E-state index in [1.165, 1.54) is 12.1 Å². The zero-order valence-electron chi connectivity index (χ0n) is 12.0. The highest BCUT2D eigenvalue weighted by Gasteiger charge is 2.48. The van der Waals surface area contributed by atoms with E-state index in [0.717, 1.165) is 19.3 Å². The zero-order chi connectivity index (χ0) is 14.4. The molecule has 1 aromatic rings. The van der Waals surface area contributed by atoms with Gasteiger partial charge in [-0.1, -0.05) is 6.92 Å². The summed E-state index contributed by atoms with van der Waals surface area (Å²) in [6.07, 6.45) is 2.25. The topological polar surface area (TPSA) is 38.7 Å². The van der Waals surface area contributed by atoms with Crippen LogP contribution in [0.4, 0.5) is 4.39 Å². The summed E-state index contributed by atoms with van der Waals surface area (Å²) < 4.78 is 25.3. The summed E-state index contributed by atoms with van der Waals surface area (Å²) in [7, 11) is 0. The molecule has 0 radical (unpaired) electrons. The molecule has 1 aromatic carbocycles. The lowest BCUT2D eigenvalue weighted by atomic mass is 9.76. The van der Waals surface area contributed by atoms with Gasteiger partial charge in [-0.25, -0.2) is 4.39 Å². The first-order valence-electron chi connectivity index (χ1n) is 7.26. The fraction of sp³-hybridized carbons (Fsp3) is 0.625. The molecule has 2 aliphatic rings. The molecule has 1 fully saturated rings. The molecule has 1 spiro atoms. The van der Waals surface area contributed by atoms with Gasteiger partial charge in [0.15, 0.2) is 0 Å². The number of aliphatic hydroxyl groups is 1. The largest absolute Gasteiger partial charge is 0.487 e. The van der Waals surface area contributed by atoms with E-state index in [2.05, 4.69) is 13.8 Å². The van der Waals surface area contributed by atoms with Gasteiger partial charge in [0, 0.05) is 24.8 Å². The Morgan fingerprint density at radius 2 is 2.25 bits per heavy atom. The van der Waals surface area contributed by atoms with Gasteiger partial charge >= 0.3 is 0 Å². The van der Waals surface area contributed by atoms with Crippen LogP contribution >= 0.6 is 0 Å². The number of hydrogen-bond donors (Lipinski definition) is 1. The molecular weight excluding hydrogens is 259 g/mol. The van der Waals surface area contributed by atoms with Crippen LogP contribution in [0.25, 0.3) is 0 Å². The van der Waals surface area contributed by atoms with Crippen molar-refractivity contribution in [3.05, 3.63) is 29.6 Å². The number of rotatable bonds is 1. The maximum atomic E-state index is 13.3. The van der Waals surface area contributed by atoms with Crippen molar-refractivity contribution >= 4 is 0 Å². The van der Waals surface area contributed by atoms with Gasteiger partial charge in [0.2, 0.25) is 0 Å². The first-order valence-corrected chi connectivity index (χ1v) is 7.26. The van der Waals surface area contributed by atoms with Crippen molar-refractivity contribution < 1.29 is 19.0 Å². The fourth-order valence-electron chi connectivity index (χ4n) is 3.40. The van der Waals surface area contributed by atoms with Crippen LogP contribution in [0.5, 0.6) is 5.75 Å². The Morgan fingerprint density at radius 3 is 3.00 bits per heavy atom. The lowest BCUT2D eigenvalue weighted by molar-refractivity contribution is -0.160. The molecule has 1 N–H and O–H groups in total. The van der Waals surface area contributed by atoms with Crippen LogP contribution in [0.2, 0.25) is 0 Å². The standard InChI is InChI=1S/C16H21FO3/c1-3-15(2)10-16(6-7-19-15)9-13(18)12-8-11(17)4-5-14(12)20-16/h4-5,8,13,18H,3,6-7,9-10H2,1-2H3. The predicted molar refractivity (Wildman–Crippen MR) is 73.2 cm³/mol. The van der Waals surface area contributed by atoms with E-state index in [0.29, 0.717) is 24.3 Å². The Bertz CT molecular complexity index is 518. The number of halogens is 1. The quantitative estimate of drug-likeness (QED) is 0.857. The first kappa shape index (κ1) is 13.8. The summed E-state index contributed by atoms with van der Waals surface area (Å²) >= 11 is 0. The summed E-state index contributed by atoms with van der Waals surface area (Å²) in [5, 5.41) is 10.4. The maximum absolute atomic E-state index is 13.3. The first-order chi connectivity index (χ1) is 9.45. The van der Waals surface area contributed by atoms with E-state index in [1.54, 1.807) is 6.07 Å². The number of benzene rings is 1. The molecule has 0 amide bonds. The van der Waals surface area contributed by atoms with E-state index in [-0.39, 0.29) is 11.4 Å². The average molecular weight is 280 g/mol. The van der Waals surface area contributed by atoms with E-state index < -0.39 is 11.7 Å². The van der Waals surface area contributed by atoms with E-state index in [9.17, 15) is 9.50 Å². The third-order valence-electron chi connectivity index (χ3n) is 4.67. The summed E-state index contributed by atoms with van der Waals surface area (Å²) in [6, 6.07) is 4.36. The van der Waals surface area contributed by atoms with Gasteiger partial charge in [-0.05, 0) is 31.5 Å². The van der Waals surface area contributed by atoms with Crippen LogP contribution in [-0.4, -0.2) is 22.9 Å². The van der Waals surface area contributed by atoms with Crippen LogP contribution in [-0.2, 0) is 4.74 Å². The normalized spacial score (nSPS) is 36.5. The van der Waals surface area contributed by atoms with Gasteiger partial charge in [-0.3, -0.25) is 0 Å². The zero-order valence-corrected chi connectivity index (χ0v) is 12.0. The molecule has 3 nitrogen and oxygen atoms in total. The predicted octanol–water partition coefficient (Wildman–Crippen LogP) is 3.36. The highest BCUT2D eigenvalue weighted by atomic mass is 19.1. The lowest BCUT2D eigenvalue weighted by Crippen LogP contribution is -2.52. The molecule has 1 saturated heterocycles. The van der Waals surface area contributed by atoms with Crippen molar-refractivity contribution in [3.8, 4) is 5.75 Å². The van der Waals surface area contributed by atoms with Gasteiger partial charge < -0.3 is 14.6 Å². The molecule has 4 heteroatoms. The third kappa shape index (κ3) is 2.31. The Morgan fingerprint density at radius 1 is 1.45 bits per heavy atom. The Hall–Kier alpha value is -1.13. The van der Waals surface area contributed by atoms with Crippen LogP contribution in [0, 0.1) is 5.82 Å². The second kappa shape index (κ2) is 4.71. The number of ether oxygens (including phenoxy) is 2. The number of aliphatic hydroxyl groups excluding tert-OH is 1. The number of fused-ring (bicyclic) bond motifs is 1. The van der Waals surface area contributed by atoms with E-state index >= 15 is 0 Å². The molecule has 0 bridgehead atoms. The highest BCUT2D eigenvalue weighted by Crippen LogP contribution is 2.47. The highest BCUT2D eigenvalue weighted by molar-refractivity contribution is 5.38. The van der Waals surface area contributed by atoms with Crippen molar-refractivity contribution in [1.29, 1.82) is 0 Å². The van der Waals surface area contributed by atoms with Gasteiger partial charge in [0.1, 0.15) is 17.2 Å². The van der Waals surface area contributed by atoms with Gasteiger partial charge in [0.25, 0.3) is 0 Å². The van der Waals surface area contributed by atoms with Crippen molar-refractivity contribution in [2.75, 3.05) is 6.61 Å². The maximum Gasteiger partial charge on any atom is 0.126 e. The van der Waals surface area contributed by atoms with E-state index in [4.69, 9.17) is 9.47 Å². The summed E-state index contributed by atoms with van der Waals surface area (Å²) in [5.74, 6) is 0.262. The molecule has 3 unspecified atom stereocenters. The smallest absolute Gasteiger partial charge is 0.126 e. The Labute approximate surface area is 118 Å².